The first-order valence-electron chi connectivity index (χ1n) is 13.4. The van der Waals surface area contributed by atoms with Crippen LogP contribution in [0.4, 0.5) is 11.4 Å². The molecule has 0 radical (unpaired) electrons. The van der Waals surface area contributed by atoms with Crippen LogP contribution in [0.1, 0.15) is 48.9 Å². The molecule has 2 aliphatic rings. The molecule has 3 heterocycles. The summed E-state index contributed by atoms with van der Waals surface area (Å²) in [5.41, 5.74) is 2.99. The van der Waals surface area contributed by atoms with Crippen molar-refractivity contribution in [3.63, 3.8) is 0 Å². The highest BCUT2D eigenvalue weighted by atomic mass is 35.5. The highest BCUT2D eigenvalue weighted by molar-refractivity contribution is 7.08. The first-order chi connectivity index (χ1) is 19.4. The lowest BCUT2D eigenvalue weighted by Gasteiger charge is -2.27. The lowest BCUT2D eigenvalue weighted by atomic mass is 10.1. The Hall–Kier alpha value is -3.54. The Balaban J connectivity index is 1.39. The minimum Gasteiger partial charge on any atom is -0.368 e. The minimum atomic E-state index is -0.315. The molecule has 0 spiro atoms. The van der Waals surface area contributed by atoms with E-state index in [9.17, 15) is 14.4 Å². The lowest BCUT2D eigenvalue weighted by molar-refractivity contribution is 0.0759. The molecule has 0 bridgehead atoms. The van der Waals surface area contributed by atoms with Crippen molar-refractivity contribution in [2.45, 2.75) is 19.8 Å². The third-order valence-electron chi connectivity index (χ3n) is 7.17. The highest BCUT2D eigenvalue weighted by Crippen LogP contribution is 2.30. The number of aromatic nitrogens is 2. The van der Waals surface area contributed by atoms with Crippen LogP contribution >= 0.6 is 23.1 Å². The number of carbonyl (C=O) groups excluding carboxylic acids is 3. The summed E-state index contributed by atoms with van der Waals surface area (Å²) in [6.07, 6.45) is 1.64. The number of rotatable bonds is 5. The van der Waals surface area contributed by atoms with E-state index in [1.165, 1.54) is 0 Å². The van der Waals surface area contributed by atoms with Crippen molar-refractivity contribution in [1.29, 1.82) is 0 Å². The molecular formula is C28H32ClN7O3S. The molecule has 2 N–H and O–H groups in total. The number of anilines is 2. The molecule has 0 saturated carbocycles. The van der Waals surface area contributed by atoms with E-state index in [1.807, 2.05) is 21.9 Å². The van der Waals surface area contributed by atoms with Crippen molar-refractivity contribution < 1.29 is 14.4 Å². The molecule has 0 atom stereocenters. The van der Waals surface area contributed by atoms with Crippen LogP contribution in [0.3, 0.4) is 0 Å². The lowest BCUT2D eigenvalue weighted by Crippen LogP contribution is -2.35. The van der Waals surface area contributed by atoms with E-state index in [2.05, 4.69) is 25.1 Å². The van der Waals surface area contributed by atoms with Gasteiger partial charge in [-0.1, -0.05) is 22.2 Å². The van der Waals surface area contributed by atoms with Crippen LogP contribution in [-0.2, 0) is 0 Å². The van der Waals surface area contributed by atoms with Crippen molar-refractivity contribution >= 4 is 52.2 Å². The van der Waals surface area contributed by atoms with Crippen molar-refractivity contribution in [3.05, 3.63) is 69.2 Å². The van der Waals surface area contributed by atoms with Crippen LogP contribution < -0.4 is 15.5 Å². The van der Waals surface area contributed by atoms with Crippen LogP contribution in [0.25, 0.3) is 0 Å². The molecule has 5 rings (SSSR count). The number of carbonyl (C=O) groups is 3. The molecular weight excluding hydrogens is 550 g/mol. The molecule has 3 aromatic rings. The van der Waals surface area contributed by atoms with E-state index in [0.29, 0.717) is 71.7 Å². The maximum absolute atomic E-state index is 13.4. The Bertz CT molecular complexity index is 1390. The Morgan fingerprint density at radius 2 is 1.68 bits per heavy atom. The number of hydrogen-bond donors (Lipinski definition) is 2. The van der Waals surface area contributed by atoms with Gasteiger partial charge in [0, 0.05) is 62.0 Å². The van der Waals surface area contributed by atoms with Gasteiger partial charge >= 0.3 is 0 Å². The molecule has 2 saturated heterocycles. The predicted molar refractivity (Wildman–Crippen MR) is 157 cm³/mol. The average molecular weight is 582 g/mol. The van der Waals surface area contributed by atoms with E-state index < -0.39 is 0 Å². The van der Waals surface area contributed by atoms with Crippen molar-refractivity contribution in [2.24, 2.45) is 0 Å². The Morgan fingerprint density at radius 1 is 0.900 bits per heavy atom. The second-order valence-electron chi connectivity index (χ2n) is 9.91. The first-order valence-corrected chi connectivity index (χ1v) is 14.6. The predicted octanol–water partition coefficient (Wildman–Crippen LogP) is 3.54. The summed E-state index contributed by atoms with van der Waals surface area (Å²) in [5.74, 6) is -0.431. The van der Waals surface area contributed by atoms with Gasteiger partial charge in [0.1, 0.15) is 4.88 Å². The monoisotopic (exact) mass is 581 g/mol. The Kier molecular flexibility index (Phi) is 8.93. The van der Waals surface area contributed by atoms with Gasteiger partial charge < -0.3 is 25.3 Å². The van der Waals surface area contributed by atoms with Crippen molar-refractivity contribution in [2.75, 3.05) is 62.6 Å². The maximum atomic E-state index is 13.4. The zero-order valence-corrected chi connectivity index (χ0v) is 23.9. The molecule has 210 valence electrons. The fraction of sp³-hybridized carbons (Fsp3) is 0.393. The summed E-state index contributed by atoms with van der Waals surface area (Å²) in [6.45, 7) is 7.08. The topological polar surface area (TPSA) is 111 Å². The number of amides is 3. The smallest absolute Gasteiger partial charge is 0.269 e. The van der Waals surface area contributed by atoms with Crippen LogP contribution in [0.5, 0.6) is 0 Å². The van der Waals surface area contributed by atoms with E-state index >= 15 is 0 Å². The van der Waals surface area contributed by atoms with Crippen LogP contribution in [0.15, 0.2) is 42.5 Å². The maximum Gasteiger partial charge on any atom is 0.269 e. The van der Waals surface area contributed by atoms with E-state index in [-0.39, 0.29) is 17.7 Å². The number of benzene rings is 2. The third kappa shape index (κ3) is 6.43. The van der Waals surface area contributed by atoms with Crippen molar-refractivity contribution in [3.8, 4) is 0 Å². The molecule has 2 fully saturated rings. The molecule has 2 aliphatic heterocycles. The summed E-state index contributed by atoms with van der Waals surface area (Å²) in [7, 11) is 0. The standard InChI is InChI=1S/C28H32ClN7O3S/c1-19-25(40-33-32-19)26(37)31-23-18-21(28(39)35-11-3-9-30-10-14-35)7-8-24(23)34-12-4-13-36(16-15-34)27(38)20-5-2-6-22(29)17-20/h2,5-8,17-18,30H,3-4,9-16H2,1H3,(H,31,37). The number of halogens is 1. The van der Waals surface area contributed by atoms with Gasteiger partial charge in [-0.25, -0.2) is 0 Å². The quantitative estimate of drug-likeness (QED) is 0.474. The highest BCUT2D eigenvalue weighted by Gasteiger charge is 2.25. The average Bonchev–Trinajstić information content (AvgIpc) is 3.14. The molecule has 10 nitrogen and oxygen atoms in total. The normalized spacial score (nSPS) is 16.3. The summed E-state index contributed by atoms with van der Waals surface area (Å²) in [6, 6.07) is 12.5. The SMILES string of the molecule is Cc1nnsc1C(=O)Nc1cc(C(=O)N2CCCNCC2)ccc1N1CCCN(C(=O)c2cccc(Cl)c2)CC1. The largest absolute Gasteiger partial charge is 0.368 e. The number of nitrogens with one attached hydrogen (secondary N) is 2. The van der Waals surface area contributed by atoms with Gasteiger partial charge in [-0.2, -0.15) is 0 Å². The minimum absolute atomic E-state index is 0.0565. The summed E-state index contributed by atoms with van der Waals surface area (Å²) >= 11 is 7.15. The second-order valence-corrected chi connectivity index (χ2v) is 11.1. The van der Waals surface area contributed by atoms with Gasteiger partial charge in [0.2, 0.25) is 0 Å². The zero-order chi connectivity index (χ0) is 28.1. The fourth-order valence-electron chi connectivity index (χ4n) is 5.06. The summed E-state index contributed by atoms with van der Waals surface area (Å²) < 4.78 is 3.89. The van der Waals surface area contributed by atoms with E-state index in [4.69, 9.17) is 11.6 Å². The van der Waals surface area contributed by atoms with E-state index in [1.54, 1.807) is 37.3 Å². The van der Waals surface area contributed by atoms with Gasteiger partial charge in [0.15, 0.2) is 0 Å². The molecule has 2 aromatic carbocycles. The Labute approximate surface area is 242 Å². The van der Waals surface area contributed by atoms with Crippen molar-refractivity contribution in [1.82, 2.24) is 24.7 Å². The van der Waals surface area contributed by atoms with Gasteiger partial charge in [0.25, 0.3) is 17.7 Å². The summed E-state index contributed by atoms with van der Waals surface area (Å²) in [4.78, 5) is 46.0. The first kappa shape index (κ1) is 28.0. The van der Waals surface area contributed by atoms with Gasteiger partial charge in [0.05, 0.1) is 17.1 Å². The third-order valence-corrected chi connectivity index (χ3v) is 8.23. The molecule has 12 heteroatoms. The number of hydrogen-bond acceptors (Lipinski definition) is 8. The van der Waals surface area contributed by atoms with Crippen LogP contribution in [0, 0.1) is 6.92 Å². The Morgan fingerprint density at radius 3 is 2.45 bits per heavy atom. The fourth-order valence-corrected chi connectivity index (χ4v) is 5.80. The van der Waals surface area contributed by atoms with Gasteiger partial charge in [-0.05, 0) is 74.2 Å². The van der Waals surface area contributed by atoms with Crippen LogP contribution in [-0.4, -0.2) is 89.5 Å². The second kappa shape index (κ2) is 12.8. The molecule has 40 heavy (non-hydrogen) atoms. The molecule has 3 amide bonds. The molecule has 0 unspecified atom stereocenters. The van der Waals surface area contributed by atoms with Crippen LogP contribution in [0.2, 0.25) is 5.02 Å². The zero-order valence-electron chi connectivity index (χ0n) is 22.4. The summed E-state index contributed by atoms with van der Waals surface area (Å²) in [5, 5.41) is 10.8. The molecule has 0 aliphatic carbocycles. The molecule has 1 aromatic heterocycles. The number of nitrogens with zero attached hydrogens (tertiary/aromatic N) is 5. The van der Waals surface area contributed by atoms with Gasteiger partial charge in [-0.3, -0.25) is 14.4 Å². The van der Waals surface area contributed by atoms with Gasteiger partial charge in [-0.15, -0.1) is 5.10 Å². The number of aryl methyl sites for hydroxylation is 1. The van der Waals surface area contributed by atoms with E-state index in [0.717, 1.165) is 43.2 Å².